The van der Waals surface area contributed by atoms with Gasteiger partial charge in [0.1, 0.15) is 6.10 Å². The van der Waals surface area contributed by atoms with Gasteiger partial charge in [-0.25, -0.2) is 0 Å². The molecule has 1 aromatic rings. The van der Waals surface area contributed by atoms with Crippen molar-refractivity contribution in [2.75, 3.05) is 5.75 Å². The number of hydrogen-bond donors (Lipinski definition) is 2. The van der Waals surface area contributed by atoms with E-state index >= 15 is 0 Å². The zero-order valence-electron chi connectivity index (χ0n) is 9.83. The Bertz CT molecular complexity index is 497. The van der Waals surface area contributed by atoms with Gasteiger partial charge in [0.15, 0.2) is 5.17 Å². The molecule has 2 N–H and O–H groups in total. The average molecular weight is 263 g/mol. The number of nitrogens with one attached hydrogen (secondary N) is 1. The molecule has 1 amide bonds. The van der Waals surface area contributed by atoms with Crippen molar-refractivity contribution in [2.24, 2.45) is 10.2 Å². The molecule has 0 aromatic heterocycles. The molecule has 1 heterocycles. The van der Waals surface area contributed by atoms with E-state index in [0.29, 0.717) is 10.9 Å². The SMILES string of the molecule is CC(O)C(=O)NC1=NN=C(c2ccccc2)CS1. The van der Waals surface area contributed by atoms with E-state index in [9.17, 15) is 4.79 Å². The summed E-state index contributed by atoms with van der Waals surface area (Å²) >= 11 is 1.39. The van der Waals surface area contributed by atoms with Crippen molar-refractivity contribution in [3.05, 3.63) is 35.9 Å². The number of hydrogen-bond acceptors (Lipinski definition) is 5. The quantitative estimate of drug-likeness (QED) is 0.835. The lowest BCUT2D eigenvalue weighted by Crippen LogP contribution is -2.36. The van der Waals surface area contributed by atoms with Crippen molar-refractivity contribution in [3.63, 3.8) is 0 Å². The first kappa shape index (κ1) is 12.8. The predicted octanol–water partition coefficient (Wildman–Crippen LogP) is 0.990. The fourth-order valence-corrected chi connectivity index (χ4v) is 2.11. The van der Waals surface area contributed by atoms with Gasteiger partial charge in [-0.2, -0.15) is 5.10 Å². The molecule has 1 unspecified atom stereocenters. The Morgan fingerprint density at radius 2 is 2.11 bits per heavy atom. The molecule has 6 heteroatoms. The van der Waals surface area contributed by atoms with Gasteiger partial charge in [-0.3, -0.25) is 4.79 Å². The number of amidine groups is 1. The highest BCUT2D eigenvalue weighted by Gasteiger charge is 2.16. The third kappa shape index (κ3) is 3.18. The Balaban J connectivity index is 2.06. The van der Waals surface area contributed by atoms with Crippen molar-refractivity contribution in [1.82, 2.24) is 5.32 Å². The van der Waals surface area contributed by atoms with Gasteiger partial charge < -0.3 is 10.4 Å². The topological polar surface area (TPSA) is 74.0 Å². The van der Waals surface area contributed by atoms with Crippen LogP contribution in [0, 0.1) is 0 Å². The fraction of sp³-hybridized carbons (Fsp3) is 0.250. The van der Waals surface area contributed by atoms with Gasteiger partial charge in [0.05, 0.1) is 5.71 Å². The van der Waals surface area contributed by atoms with E-state index in [0.717, 1.165) is 11.3 Å². The minimum absolute atomic E-state index is 0.417. The predicted molar refractivity (Wildman–Crippen MR) is 72.7 cm³/mol. The lowest BCUT2D eigenvalue weighted by Gasteiger charge is -2.13. The van der Waals surface area contributed by atoms with Crippen LogP contribution < -0.4 is 5.32 Å². The van der Waals surface area contributed by atoms with Gasteiger partial charge in [-0.15, -0.1) is 5.10 Å². The highest BCUT2D eigenvalue weighted by molar-refractivity contribution is 8.14. The van der Waals surface area contributed by atoms with Crippen molar-refractivity contribution in [1.29, 1.82) is 0 Å². The van der Waals surface area contributed by atoms with Gasteiger partial charge >= 0.3 is 0 Å². The highest BCUT2D eigenvalue weighted by atomic mass is 32.2. The number of nitrogens with zero attached hydrogens (tertiary/aromatic N) is 2. The number of rotatable bonds is 2. The molecule has 0 aliphatic carbocycles. The Kier molecular flexibility index (Phi) is 4.11. The summed E-state index contributed by atoms with van der Waals surface area (Å²) < 4.78 is 0. The summed E-state index contributed by atoms with van der Waals surface area (Å²) in [6, 6.07) is 9.76. The van der Waals surface area contributed by atoms with Crippen molar-refractivity contribution >= 4 is 28.5 Å². The maximum Gasteiger partial charge on any atom is 0.254 e. The van der Waals surface area contributed by atoms with Crippen LogP contribution in [0.4, 0.5) is 0 Å². The molecule has 0 bridgehead atoms. The van der Waals surface area contributed by atoms with Gasteiger partial charge in [0.25, 0.3) is 5.91 Å². The molecule has 0 saturated carbocycles. The average Bonchev–Trinajstić information content (AvgIpc) is 2.40. The Hall–Kier alpha value is -1.66. The first-order valence-electron chi connectivity index (χ1n) is 5.48. The molecule has 0 radical (unpaired) electrons. The summed E-state index contributed by atoms with van der Waals surface area (Å²) in [5.74, 6) is 0.169. The van der Waals surface area contributed by atoms with E-state index in [2.05, 4.69) is 15.5 Å². The van der Waals surface area contributed by atoms with Crippen LogP contribution in [0.1, 0.15) is 12.5 Å². The summed E-state index contributed by atoms with van der Waals surface area (Å²) in [4.78, 5) is 11.3. The van der Waals surface area contributed by atoms with Crippen LogP contribution in [0.2, 0.25) is 0 Å². The molecule has 0 fully saturated rings. The number of benzene rings is 1. The smallest absolute Gasteiger partial charge is 0.254 e. The van der Waals surface area contributed by atoms with E-state index in [1.165, 1.54) is 18.7 Å². The Morgan fingerprint density at radius 3 is 2.67 bits per heavy atom. The first-order valence-corrected chi connectivity index (χ1v) is 6.47. The van der Waals surface area contributed by atoms with Crippen LogP contribution in [-0.4, -0.2) is 33.7 Å². The van der Waals surface area contributed by atoms with E-state index in [1.807, 2.05) is 30.3 Å². The van der Waals surface area contributed by atoms with E-state index in [-0.39, 0.29) is 0 Å². The Morgan fingerprint density at radius 1 is 1.39 bits per heavy atom. The zero-order valence-corrected chi connectivity index (χ0v) is 10.6. The molecular formula is C12H13N3O2S. The molecule has 1 aromatic carbocycles. The van der Waals surface area contributed by atoms with Gasteiger partial charge in [-0.1, -0.05) is 42.1 Å². The van der Waals surface area contributed by atoms with Crippen LogP contribution in [0.25, 0.3) is 0 Å². The molecule has 1 atom stereocenters. The Labute approximate surface area is 109 Å². The lowest BCUT2D eigenvalue weighted by molar-refractivity contribution is -0.126. The largest absolute Gasteiger partial charge is 0.384 e. The lowest BCUT2D eigenvalue weighted by atomic mass is 10.1. The number of aliphatic hydroxyl groups is 1. The number of carbonyl (C=O) groups is 1. The minimum atomic E-state index is -1.05. The molecule has 2 rings (SSSR count). The second-order valence-corrected chi connectivity index (χ2v) is 4.74. The highest BCUT2D eigenvalue weighted by Crippen LogP contribution is 2.14. The normalized spacial score (nSPS) is 16.6. The molecule has 1 aliphatic rings. The molecule has 0 saturated heterocycles. The van der Waals surface area contributed by atoms with Crippen molar-refractivity contribution in [2.45, 2.75) is 13.0 Å². The van der Waals surface area contributed by atoms with Crippen LogP contribution in [0.5, 0.6) is 0 Å². The molecular weight excluding hydrogens is 250 g/mol. The van der Waals surface area contributed by atoms with E-state index in [4.69, 9.17) is 5.11 Å². The first-order chi connectivity index (χ1) is 8.66. The third-order valence-electron chi connectivity index (χ3n) is 2.32. The summed E-state index contributed by atoms with van der Waals surface area (Å²) in [6.07, 6.45) is -1.05. The zero-order chi connectivity index (χ0) is 13.0. The maximum atomic E-state index is 11.3. The van der Waals surface area contributed by atoms with E-state index in [1.54, 1.807) is 0 Å². The third-order valence-corrected chi connectivity index (χ3v) is 3.20. The number of thioether (sulfide) groups is 1. The summed E-state index contributed by atoms with van der Waals surface area (Å²) in [5, 5.41) is 20.0. The number of aliphatic hydroxyl groups excluding tert-OH is 1. The van der Waals surface area contributed by atoms with Crippen LogP contribution in [0.3, 0.4) is 0 Å². The maximum absolute atomic E-state index is 11.3. The molecule has 94 valence electrons. The second kappa shape index (κ2) is 5.79. The van der Waals surface area contributed by atoms with Gasteiger partial charge in [0.2, 0.25) is 0 Å². The molecule has 18 heavy (non-hydrogen) atoms. The molecule has 5 nitrogen and oxygen atoms in total. The number of carbonyl (C=O) groups excluding carboxylic acids is 1. The van der Waals surface area contributed by atoms with Crippen molar-refractivity contribution < 1.29 is 9.90 Å². The second-order valence-electron chi connectivity index (χ2n) is 3.77. The van der Waals surface area contributed by atoms with Gasteiger partial charge in [0, 0.05) is 5.75 Å². The van der Waals surface area contributed by atoms with Gasteiger partial charge in [-0.05, 0) is 12.5 Å². The summed E-state index contributed by atoms with van der Waals surface area (Å²) in [7, 11) is 0. The minimum Gasteiger partial charge on any atom is -0.384 e. The summed E-state index contributed by atoms with van der Waals surface area (Å²) in [5.41, 5.74) is 1.89. The van der Waals surface area contributed by atoms with Crippen LogP contribution in [-0.2, 0) is 4.79 Å². The van der Waals surface area contributed by atoms with Crippen LogP contribution in [0.15, 0.2) is 40.5 Å². The number of amides is 1. The summed E-state index contributed by atoms with van der Waals surface area (Å²) in [6.45, 7) is 1.40. The van der Waals surface area contributed by atoms with Crippen molar-refractivity contribution in [3.8, 4) is 0 Å². The molecule has 1 aliphatic heterocycles. The fourth-order valence-electron chi connectivity index (χ4n) is 1.34. The van der Waals surface area contributed by atoms with Crippen LogP contribution >= 0.6 is 11.8 Å². The standard InChI is InChI=1S/C12H13N3O2S/c1-8(16)11(17)13-12-15-14-10(7-18-12)9-5-3-2-4-6-9/h2-6,8,16H,7H2,1H3,(H,13,15,17). The molecule has 0 spiro atoms. The monoisotopic (exact) mass is 263 g/mol. The van der Waals surface area contributed by atoms with E-state index < -0.39 is 12.0 Å².